The number of rotatable bonds is 8. The van der Waals surface area contributed by atoms with Crippen LogP contribution in [0.15, 0.2) is 54.6 Å². The van der Waals surface area contributed by atoms with E-state index in [4.69, 9.17) is 9.47 Å². The first-order valence-corrected chi connectivity index (χ1v) is 12.4. The van der Waals surface area contributed by atoms with E-state index in [0.717, 1.165) is 0 Å². The zero-order valence-electron chi connectivity index (χ0n) is 22.0. The molecule has 40 heavy (non-hydrogen) atoms. The molecule has 1 aliphatic rings. The maximum atomic E-state index is 13.8. The highest BCUT2D eigenvalue weighted by atomic mass is 19.4. The largest absolute Gasteiger partial charge is 0.496 e. The number of carbonyl (C=O) groups is 3. The molecule has 2 N–H and O–H groups in total. The summed E-state index contributed by atoms with van der Waals surface area (Å²) in [4.78, 5) is 38.7. The summed E-state index contributed by atoms with van der Waals surface area (Å²) in [5, 5.41) is 7.42. The van der Waals surface area contributed by atoms with Crippen molar-refractivity contribution in [1.29, 1.82) is 0 Å². The summed E-state index contributed by atoms with van der Waals surface area (Å²) in [6.07, 6.45) is -5.30. The fraction of sp³-hybridized carbons (Fsp3) is 0.321. The third kappa shape index (κ3) is 6.18. The van der Waals surface area contributed by atoms with Gasteiger partial charge in [0.1, 0.15) is 24.1 Å². The number of fused-ring (bicyclic) bond motifs is 2. The molecule has 0 radical (unpaired) electrons. The Morgan fingerprint density at radius 1 is 1.15 bits per heavy atom. The molecule has 0 spiro atoms. The van der Waals surface area contributed by atoms with Crippen LogP contribution in [0.4, 0.5) is 18.9 Å². The number of alkyl halides is 3. The number of carbonyl (C=O) groups excluding carboxylic acids is 3. The van der Waals surface area contributed by atoms with Gasteiger partial charge in [-0.3, -0.25) is 4.79 Å². The number of amides is 1. The van der Waals surface area contributed by atoms with Crippen molar-refractivity contribution in [3.8, 4) is 11.5 Å². The molecule has 1 amide bonds. The van der Waals surface area contributed by atoms with E-state index in [9.17, 15) is 27.6 Å². The van der Waals surface area contributed by atoms with Gasteiger partial charge in [-0.2, -0.15) is 13.2 Å². The molecular formula is C28H28F3N3O6. The van der Waals surface area contributed by atoms with E-state index in [2.05, 4.69) is 15.4 Å². The van der Waals surface area contributed by atoms with Crippen molar-refractivity contribution in [3.63, 3.8) is 0 Å². The van der Waals surface area contributed by atoms with Gasteiger partial charge in [0.2, 0.25) is 5.91 Å². The molecule has 0 unspecified atom stereocenters. The first-order valence-electron chi connectivity index (χ1n) is 12.4. The van der Waals surface area contributed by atoms with Crippen LogP contribution in [0.1, 0.15) is 22.8 Å². The fourth-order valence-corrected chi connectivity index (χ4v) is 4.30. The van der Waals surface area contributed by atoms with Crippen molar-refractivity contribution in [3.05, 3.63) is 65.7 Å². The molecule has 0 bridgehead atoms. The van der Waals surface area contributed by atoms with E-state index in [1.807, 2.05) is 14.0 Å². The standard InChI is InChI=1S/C28H28F3N3O6/c1-16(32-2)13-33-21-15-39-24-7-5-4-6-22(24)34(25(21)35)14-20-19-10-8-18(12-17(19)9-11-23(20)38-3)26(36)40-27(37)28(29,30)31/h4-12,16,21,32-33H,13-15H2,1-3H3/t16-,21-/m0/s1. The van der Waals surface area contributed by atoms with Gasteiger partial charge < -0.3 is 29.7 Å². The van der Waals surface area contributed by atoms with Crippen LogP contribution in [-0.2, 0) is 20.9 Å². The summed E-state index contributed by atoms with van der Waals surface area (Å²) in [7, 11) is 3.30. The zero-order valence-corrected chi connectivity index (χ0v) is 22.0. The summed E-state index contributed by atoms with van der Waals surface area (Å²) in [6, 6.07) is 13.9. The number of anilines is 1. The van der Waals surface area contributed by atoms with Crippen molar-refractivity contribution in [2.24, 2.45) is 0 Å². The second kappa shape index (κ2) is 11.9. The molecule has 3 aromatic carbocycles. The molecule has 0 fully saturated rings. The van der Waals surface area contributed by atoms with Gasteiger partial charge in [-0.1, -0.05) is 24.3 Å². The molecule has 0 saturated heterocycles. The van der Waals surface area contributed by atoms with Crippen LogP contribution in [-0.4, -0.2) is 63.4 Å². The fourth-order valence-electron chi connectivity index (χ4n) is 4.30. The summed E-state index contributed by atoms with van der Waals surface area (Å²) in [5.74, 6) is -3.27. The summed E-state index contributed by atoms with van der Waals surface area (Å²) < 4.78 is 53.2. The maximum Gasteiger partial charge on any atom is 0.491 e. The average molecular weight is 560 g/mol. The number of halogens is 3. The number of likely N-dealkylation sites (N-methyl/N-ethyl adjacent to an activating group) is 1. The van der Waals surface area contributed by atoms with Gasteiger partial charge in [0.15, 0.2) is 0 Å². The van der Waals surface area contributed by atoms with Crippen LogP contribution in [0.3, 0.4) is 0 Å². The van der Waals surface area contributed by atoms with Gasteiger partial charge in [-0.25, -0.2) is 9.59 Å². The third-order valence-corrected chi connectivity index (χ3v) is 6.57. The minimum absolute atomic E-state index is 0.0653. The summed E-state index contributed by atoms with van der Waals surface area (Å²) in [6.45, 7) is 2.69. The predicted molar refractivity (Wildman–Crippen MR) is 140 cm³/mol. The highest BCUT2D eigenvalue weighted by molar-refractivity contribution is 6.03. The molecule has 4 rings (SSSR count). The van der Waals surface area contributed by atoms with Crippen LogP contribution < -0.4 is 25.0 Å². The molecule has 2 atom stereocenters. The number of ether oxygens (including phenoxy) is 3. The number of hydrogen-bond donors (Lipinski definition) is 2. The van der Waals surface area contributed by atoms with Crippen LogP contribution in [0.5, 0.6) is 11.5 Å². The Morgan fingerprint density at radius 2 is 1.90 bits per heavy atom. The molecule has 12 heteroatoms. The molecule has 0 aromatic heterocycles. The Kier molecular flexibility index (Phi) is 8.60. The molecule has 212 valence electrons. The number of nitrogens with one attached hydrogen (secondary N) is 2. The summed E-state index contributed by atoms with van der Waals surface area (Å²) in [5.41, 5.74) is 0.913. The van der Waals surface area contributed by atoms with Crippen molar-refractivity contribution in [2.45, 2.75) is 31.7 Å². The second-order valence-corrected chi connectivity index (χ2v) is 9.21. The monoisotopic (exact) mass is 559 g/mol. The number of nitrogens with zero attached hydrogens (tertiary/aromatic N) is 1. The van der Waals surface area contributed by atoms with E-state index in [-0.39, 0.29) is 30.7 Å². The van der Waals surface area contributed by atoms with E-state index in [1.165, 1.54) is 25.3 Å². The lowest BCUT2D eigenvalue weighted by molar-refractivity contribution is -0.193. The quantitative estimate of drug-likeness (QED) is 0.319. The number of esters is 2. The Morgan fingerprint density at radius 3 is 2.60 bits per heavy atom. The third-order valence-electron chi connectivity index (χ3n) is 6.57. The van der Waals surface area contributed by atoms with Gasteiger partial charge in [0.05, 0.1) is 24.9 Å². The smallest absolute Gasteiger partial charge is 0.491 e. The molecule has 0 saturated carbocycles. The van der Waals surface area contributed by atoms with Crippen LogP contribution in [0.25, 0.3) is 10.8 Å². The first kappa shape index (κ1) is 28.8. The Hall–Kier alpha value is -4.16. The van der Waals surface area contributed by atoms with Gasteiger partial charge >= 0.3 is 18.1 Å². The number of hydrogen-bond acceptors (Lipinski definition) is 8. The lowest BCUT2D eigenvalue weighted by atomic mass is 10.00. The minimum atomic E-state index is -5.30. The van der Waals surface area contributed by atoms with E-state index < -0.39 is 24.2 Å². The molecule has 0 aliphatic carbocycles. The van der Waals surface area contributed by atoms with Crippen LogP contribution in [0.2, 0.25) is 0 Å². The topological polar surface area (TPSA) is 106 Å². The van der Waals surface area contributed by atoms with Crippen molar-refractivity contribution in [2.75, 3.05) is 32.2 Å². The maximum absolute atomic E-state index is 13.8. The Labute approximate surface area is 228 Å². The van der Waals surface area contributed by atoms with E-state index in [1.54, 1.807) is 41.3 Å². The lowest BCUT2D eigenvalue weighted by Gasteiger charge is -2.27. The van der Waals surface area contributed by atoms with E-state index in [0.29, 0.717) is 40.1 Å². The lowest BCUT2D eigenvalue weighted by Crippen LogP contribution is -2.51. The molecule has 1 heterocycles. The average Bonchev–Trinajstić information content (AvgIpc) is 3.07. The first-order chi connectivity index (χ1) is 19.0. The second-order valence-electron chi connectivity index (χ2n) is 9.21. The highest BCUT2D eigenvalue weighted by Gasteiger charge is 2.42. The normalized spacial score (nSPS) is 16.1. The van der Waals surface area contributed by atoms with Crippen molar-refractivity contribution >= 4 is 34.3 Å². The van der Waals surface area contributed by atoms with Gasteiger partial charge in [-0.05, 0) is 55.1 Å². The zero-order chi connectivity index (χ0) is 29.0. The number of methoxy groups -OCH3 is 1. The van der Waals surface area contributed by atoms with Gasteiger partial charge in [0.25, 0.3) is 0 Å². The minimum Gasteiger partial charge on any atom is -0.496 e. The van der Waals surface area contributed by atoms with E-state index >= 15 is 0 Å². The van der Waals surface area contributed by atoms with Crippen molar-refractivity contribution in [1.82, 2.24) is 10.6 Å². The SMILES string of the molecule is CN[C@@H](C)CN[C@H]1COc2ccccc2N(Cc2c(OC)ccc3cc(C(=O)OC(=O)C(F)(F)F)ccc23)C1=O. The van der Waals surface area contributed by atoms with Gasteiger partial charge in [-0.15, -0.1) is 0 Å². The van der Waals surface area contributed by atoms with Crippen molar-refractivity contribution < 1.29 is 41.8 Å². The molecular weight excluding hydrogens is 531 g/mol. The Balaban J connectivity index is 1.71. The number of benzene rings is 3. The van der Waals surface area contributed by atoms with Gasteiger partial charge in [0, 0.05) is 18.2 Å². The predicted octanol–water partition coefficient (Wildman–Crippen LogP) is 3.59. The molecule has 9 nitrogen and oxygen atoms in total. The number of para-hydroxylation sites is 2. The highest BCUT2D eigenvalue weighted by Crippen LogP contribution is 2.36. The molecule has 1 aliphatic heterocycles. The van der Waals surface area contributed by atoms with Crippen LogP contribution in [0, 0.1) is 0 Å². The van der Waals surface area contributed by atoms with Crippen LogP contribution >= 0.6 is 0 Å². The molecule has 3 aromatic rings. The summed E-state index contributed by atoms with van der Waals surface area (Å²) >= 11 is 0. The Bertz CT molecular complexity index is 1430.